The second-order valence-electron chi connectivity index (χ2n) is 8.49. The molecule has 4 aliphatic rings. The van der Waals surface area contributed by atoms with Gasteiger partial charge in [0.1, 0.15) is 0 Å². The lowest BCUT2D eigenvalue weighted by Gasteiger charge is -2.57. The average molecular weight is 343 g/mol. The first-order valence-electron chi connectivity index (χ1n) is 9.58. The maximum Gasteiger partial charge on any atom is 0.319 e. The van der Waals surface area contributed by atoms with E-state index in [1.807, 2.05) is 12.1 Å². The Morgan fingerprint density at radius 3 is 2.48 bits per heavy atom. The number of urea groups is 1. The smallest absolute Gasteiger partial charge is 0.319 e. The minimum absolute atomic E-state index is 0.0304. The molecule has 4 fully saturated rings. The minimum atomic E-state index is -0.216. The highest BCUT2D eigenvalue weighted by Gasteiger charge is 2.52. The standard InChI is InChI=1S/C20H29N3O2/c1-13(12-22-19(24)23-18-4-2-3-17(21)8-18)25-20-9-14-5-15(10-20)7-16(6-14)11-20/h2-4,8,13-16H,5-7,9-12,21H2,1H3,(H2,22,23,24)/t13-,14?,15?,16?,20?/m0/s1. The third-order valence-corrected chi connectivity index (χ3v) is 6.13. The number of ether oxygens (including phenoxy) is 1. The van der Waals surface area contributed by atoms with Gasteiger partial charge < -0.3 is 21.1 Å². The number of anilines is 2. The van der Waals surface area contributed by atoms with Crippen LogP contribution in [0.4, 0.5) is 16.2 Å². The van der Waals surface area contributed by atoms with Crippen molar-refractivity contribution in [2.45, 2.75) is 57.2 Å². The van der Waals surface area contributed by atoms with Gasteiger partial charge in [-0.1, -0.05) is 6.07 Å². The van der Waals surface area contributed by atoms with E-state index in [-0.39, 0.29) is 17.7 Å². The van der Waals surface area contributed by atoms with Crippen molar-refractivity contribution in [3.05, 3.63) is 24.3 Å². The van der Waals surface area contributed by atoms with E-state index in [1.165, 1.54) is 38.5 Å². The Labute approximate surface area is 149 Å². The first kappa shape index (κ1) is 16.7. The van der Waals surface area contributed by atoms with Crippen LogP contribution in [0.1, 0.15) is 45.4 Å². The van der Waals surface area contributed by atoms with E-state index >= 15 is 0 Å². The normalized spacial score (nSPS) is 33.9. The molecule has 1 atom stereocenters. The molecule has 25 heavy (non-hydrogen) atoms. The van der Waals surface area contributed by atoms with Crippen molar-refractivity contribution in [2.24, 2.45) is 17.8 Å². The lowest BCUT2D eigenvalue weighted by Crippen LogP contribution is -2.54. The molecule has 0 heterocycles. The molecule has 0 aromatic heterocycles. The molecule has 2 amide bonds. The molecule has 0 aliphatic heterocycles. The summed E-state index contributed by atoms with van der Waals surface area (Å²) in [7, 11) is 0. The SMILES string of the molecule is C[C@@H](CNC(=O)Nc1cccc(N)c1)OC12CC3CC(CC(C3)C1)C2. The first-order valence-corrected chi connectivity index (χ1v) is 9.58. The predicted molar refractivity (Wildman–Crippen MR) is 99.3 cm³/mol. The summed E-state index contributed by atoms with van der Waals surface area (Å²) in [5.41, 5.74) is 7.15. The zero-order valence-electron chi connectivity index (χ0n) is 15.0. The molecule has 4 N–H and O–H groups in total. The Morgan fingerprint density at radius 1 is 1.24 bits per heavy atom. The summed E-state index contributed by atoms with van der Waals surface area (Å²) in [5, 5.41) is 5.73. The number of carbonyl (C=O) groups excluding carboxylic acids is 1. The number of nitrogen functional groups attached to an aromatic ring is 1. The van der Waals surface area contributed by atoms with E-state index in [0.29, 0.717) is 17.9 Å². The number of hydrogen-bond acceptors (Lipinski definition) is 3. The number of hydrogen-bond donors (Lipinski definition) is 3. The summed E-state index contributed by atoms with van der Waals surface area (Å²) in [5.74, 6) is 2.62. The van der Waals surface area contributed by atoms with Crippen LogP contribution in [0.15, 0.2) is 24.3 Å². The van der Waals surface area contributed by atoms with Crippen LogP contribution in [0.5, 0.6) is 0 Å². The fraction of sp³-hybridized carbons (Fsp3) is 0.650. The Bertz CT molecular complexity index is 610. The van der Waals surface area contributed by atoms with Crippen LogP contribution >= 0.6 is 0 Å². The van der Waals surface area contributed by atoms with Crippen LogP contribution in [0, 0.1) is 17.8 Å². The van der Waals surface area contributed by atoms with Gasteiger partial charge >= 0.3 is 6.03 Å². The highest BCUT2D eigenvalue weighted by Crippen LogP contribution is 2.57. The summed E-state index contributed by atoms with van der Waals surface area (Å²) < 4.78 is 6.51. The fourth-order valence-electron chi connectivity index (χ4n) is 5.67. The van der Waals surface area contributed by atoms with Crippen molar-refractivity contribution >= 4 is 17.4 Å². The van der Waals surface area contributed by atoms with Crippen molar-refractivity contribution in [3.63, 3.8) is 0 Å². The largest absolute Gasteiger partial charge is 0.399 e. The third kappa shape index (κ3) is 3.76. The van der Waals surface area contributed by atoms with Gasteiger partial charge in [0.15, 0.2) is 0 Å². The predicted octanol–water partition coefficient (Wildman–Crippen LogP) is 3.76. The summed E-state index contributed by atoms with van der Waals surface area (Å²) in [6.07, 6.45) is 7.94. The van der Waals surface area contributed by atoms with Crippen molar-refractivity contribution in [1.29, 1.82) is 0 Å². The molecule has 0 radical (unpaired) electrons. The van der Waals surface area contributed by atoms with Gasteiger partial charge in [-0.25, -0.2) is 4.79 Å². The van der Waals surface area contributed by atoms with Crippen molar-refractivity contribution < 1.29 is 9.53 Å². The zero-order valence-corrected chi connectivity index (χ0v) is 15.0. The molecule has 5 nitrogen and oxygen atoms in total. The molecule has 136 valence electrons. The summed E-state index contributed by atoms with van der Waals surface area (Å²) >= 11 is 0. The molecule has 0 spiro atoms. The van der Waals surface area contributed by atoms with E-state index in [2.05, 4.69) is 17.6 Å². The van der Waals surface area contributed by atoms with Gasteiger partial charge in [0.05, 0.1) is 11.7 Å². The van der Waals surface area contributed by atoms with Crippen molar-refractivity contribution in [3.8, 4) is 0 Å². The monoisotopic (exact) mass is 343 g/mol. The van der Waals surface area contributed by atoms with Crippen molar-refractivity contribution in [1.82, 2.24) is 5.32 Å². The maximum absolute atomic E-state index is 12.1. The third-order valence-electron chi connectivity index (χ3n) is 6.13. The van der Waals surface area contributed by atoms with Gasteiger partial charge in [-0.3, -0.25) is 0 Å². The van der Waals surface area contributed by atoms with E-state index in [1.54, 1.807) is 12.1 Å². The lowest BCUT2D eigenvalue weighted by atomic mass is 9.54. The van der Waals surface area contributed by atoms with E-state index in [0.717, 1.165) is 17.8 Å². The van der Waals surface area contributed by atoms with Crippen LogP contribution in [-0.2, 0) is 4.74 Å². The minimum Gasteiger partial charge on any atom is -0.399 e. The Kier molecular flexibility index (Phi) is 4.36. The fourth-order valence-corrected chi connectivity index (χ4v) is 5.67. The van der Waals surface area contributed by atoms with E-state index in [9.17, 15) is 4.79 Å². The second kappa shape index (κ2) is 6.52. The second-order valence-corrected chi connectivity index (χ2v) is 8.49. The molecule has 4 bridgehead atoms. The summed E-state index contributed by atoms with van der Waals surface area (Å²) in [4.78, 5) is 12.1. The number of nitrogens with two attached hydrogens (primary N) is 1. The van der Waals surface area contributed by atoms with Crippen LogP contribution in [0.2, 0.25) is 0 Å². The van der Waals surface area contributed by atoms with Crippen LogP contribution < -0.4 is 16.4 Å². The van der Waals surface area contributed by atoms with Gasteiger partial charge in [0.25, 0.3) is 0 Å². The molecular weight excluding hydrogens is 314 g/mol. The number of nitrogens with one attached hydrogen (secondary N) is 2. The number of amides is 2. The zero-order chi connectivity index (χ0) is 17.4. The molecular formula is C20H29N3O2. The average Bonchev–Trinajstić information content (AvgIpc) is 2.51. The molecule has 5 rings (SSSR count). The van der Waals surface area contributed by atoms with Gasteiger partial charge in [-0.15, -0.1) is 0 Å². The number of rotatable bonds is 5. The maximum atomic E-state index is 12.1. The first-order chi connectivity index (χ1) is 12.0. The Morgan fingerprint density at radius 2 is 1.88 bits per heavy atom. The highest BCUT2D eigenvalue weighted by atomic mass is 16.5. The van der Waals surface area contributed by atoms with Gasteiger partial charge in [0, 0.05) is 17.9 Å². The van der Waals surface area contributed by atoms with Crippen LogP contribution in [0.3, 0.4) is 0 Å². The van der Waals surface area contributed by atoms with E-state index in [4.69, 9.17) is 10.5 Å². The highest BCUT2D eigenvalue weighted by molar-refractivity contribution is 5.89. The summed E-state index contributed by atoms with van der Waals surface area (Å²) in [6.45, 7) is 2.59. The quantitative estimate of drug-likeness (QED) is 0.712. The molecule has 4 saturated carbocycles. The van der Waals surface area contributed by atoms with E-state index < -0.39 is 0 Å². The Hall–Kier alpha value is -1.75. The molecule has 4 aliphatic carbocycles. The summed E-state index contributed by atoms with van der Waals surface area (Å²) in [6, 6.07) is 6.97. The molecule has 1 aromatic rings. The molecule has 5 heteroatoms. The number of carbonyl (C=O) groups is 1. The molecule has 0 saturated heterocycles. The van der Waals surface area contributed by atoms with Crippen molar-refractivity contribution in [2.75, 3.05) is 17.6 Å². The molecule has 1 aromatic carbocycles. The lowest BCUT2D eigenvalue weighted by molar-refractivity contribution is -0.182. The molecule has 0 unspecified atom stereocenters. The topological polar surface area (TPSA) is 76.4 Å². The van der Waals surface area contributed by atoms with Gasteiger partial charge in [0.2, 0.25) is 0 Å². The van der Waals surface area contributed by atoms with Gasteiger partial charge in [-0.05, 0) is 81.4 Å². The van der Waals surface area contributed by atoms with Crippen LogP contribution in [0.25, 0.3) is 0 Å². The van der Waals surface area contributed by atoms with Gasteiger partial charge in [-0.2, -0.15) is 0 Å². The number of benzene rings is 1. The Balaban J connectivity index is 1.26. The van der Waals surface area contributed by atoms with Crippen LogP contribution in [-0.4, -0.2) is 24.3 Å².